The van der Waals surface area contributed by atoms with Crippen LogP contribution in [-0.4, -0.2) is 22.9 Å². The molecule has 0 saturated heterocycles. The molecule has 2 aromatic heterocycles. The number of methoxy groups -OCH3 is 1. The minimum Gasteiger partial charge on any atom is -0.497 e. The quantitative estimate of drug-likeness (QED) is 0.201. The Morgan fingerprint density at radius 3 is 2.38 bits per heavy atom. The lowest BCUT2D eigenvalue weighted by Crippen LogP contribution is -2.03. The Morgan fingerprint density at radius 1 is 0.912 bits per heavy atom. The van der Waals surface area contributed by atoms with Crippen molar-refractivity contribution in [1.82, 2.24) is 9.97 Å². The van der Waals surface area contributed by atoms with Crippen molar-refractivity contribution in [1.29, 1.82) is 0 Å². The van der Waals surface area contributed by atoms with Gasteiger partial charge < -0.3 is 15.4 Å². The number of hydrogen-bond donors (Lipinski definition) is 2. The summed E-state index contributed by atoms with van der Waals surface area (Å²) in [5.74, 6) is 1.55. The van der Waals surface area contributed by atoms with E-state index in [1.165, 1.54) is 6.08 Å². The van der Waals surface area contributed by atoms with E-state index in [4.69, 9.17) is 27.9 Å². The number of carbonyl (C=O) groups excluding carboxylic acids is 1. The molecule has 2 N–H and O–H groups in total. The number of halogens is 2. The van der Waals surface area contributed by atoms with E-state index in [-0.39, 0.29) is 5.78 Å². The highest BCUT2D eigenvalue weighted by Crippen LogP contribution is 2.29. The Hall–Kier alpha value is -3.87. The largest absolute Gasteiger partial charge is 0.497 e. The van der Waals surface area contributed by atoms with Crippen LogP contribution in [0.5, 0.6) is 5.75 Å². The highest BCUT2D eigenvalue weighted by Gasteiger charge is 2.11. The van der Waals surface area contributed by atoms with Crippen molar-refractivity contribution in [2.24, 2.45) is 0 Å². The molecular formula is C26H20Cl2N4O2. The van der Waals surface area contributed by atoms with Crippen molar-refractivity contribution in [3.63, 3.8) is 0 Å². The van der Waals surface area contributed by atoms with Gasteiger partial charge in [-0.05, 0) is 78.9 Å². The zero-order chi connectivity index (χ0) is 23.9. The van der Waals surface area contributed by atoms with Crippen molar-refractivity contribution in [3.8, 4) is 5.75 Å². The topological polar surface area (TPSA) is 76.1 Å². The number of nitrogens with one attached hydrogen (secondary N) is 2. The van der Waals surface area contributed by atoms with E-state index in [1.807, 2.05) is 30.3 Å². The lowest BCUT2D eigenvalue weighted by molar-refractivity contribution is 0.104. The zero-order valence-electron chi connectivity index (χ0n) is 18.1. The van der Waals surface area contributed by atoms with Crippen molar-refractivity contribution in [2.75, 3.05) is 17.7 Å². The number of nitrogens with zero attached hydrogens (tertiary/aromatic N) is 2. The third-order valence-corrected chi connectivity index (χ3v) is 5.41. The molecule has 0 radical (unpaired) electrons. The molecule has 0 spiro atoms. The summed E-state index contributed by atoms with van der Waals surface area (Å²) in [7, 11) is 1.61. The average molecular weight is 491 g/mol. The highest BCUT2D eigenvalue weighted by atomic mass is 35.5. The molecule has 4 aromatic rings. The number of benzene rings is 2. The van der Waals surface area contributed by atoms with Crippen LogP contribution in [-0.2, 0) is 0 Å². The summed E-state index contributed by atoms with van der Waals surface area (Å²) >= 11 is 12.3. The summed E-state index contributed by atoms with van der Waals surface area (Å²) < 4.78 is 5.18. The van der Waals surface area contributed by atoms with E-state index in [9.17, 15) is 4.79 Å². The smallest absolute Gasteiger partial charge is 0.189 e. The minimum absolute atomic E-state index is 0.205. The molecule has 0 unspecified atom stereocenters. The monoisotopic (exact) mass is 490 g/mol. The van der Waals surface area contributed by atoms with E-state index in [1.54, 1.807) is 62.0 Å². The van der Waals surface area contributed by atoms with Gasteiger partial charge in [0.25, 0.3) is 0 Å². The highest BCUT2D eigenvalue weighted by molar-refractivity contribution is 6.36. The normalized spacial score (nSPS) is 10.8. The maximum atomic E-state index is 13.0. The molecule has 0 amide bonds. The van der Waals surface area contributed by atoms with Crippen LogP contribution in [0, 0.1) is 0 Å². The van der Waals surface area contributed by atoms with Crippen LogP contribution in [0.1, 0.15) is 15.9 Å². The van der Waals surface area contributed by atoms with Crippen LogP contribution >= 0.6 is 23.2 Å². The molecule has 170 valence electrons. The first-order chi connectivity index (χ1) is 16.5. The second-order valence-electron chi connectivity index (χ2n) is 7.14. The number of allylic oxidation sites excluding steroid dienone is 1. The fraction of sp³-hybridized carbons (Fsp3) is 0.0385. The van der Waals surface area contributed by atoms with Gasteiger partial charge in [-0.25, -0.2) is 9.97 Å². The molecule has 0 aliphatic carbocycles. The summed E-state index contributed by atoms with van der Waals surface area (Å²) in [4.78, 5) is 21.7. The van der Waals surface area contributed by atoms with Crippen LogP contribution in [0.4, 0.5) is 23.0 Å². The first-order valence-corrected chi connectivity index (χ1v) is 11.0. The summed E-state index contributed by atoms with van der Waals surface area (Å²) in [6.07, 6.45) is 6.47. The Kier molecular flexibility index (Phi) is 7.42. The van der Waals surface area contributed by atoms with Gasteiger partial charge in [-0.3, -0.25) is 4.79 Å². The van der Waals surface area contributed by atoms with Crippen molar-refractivity contribution < 1.29 is 9.53 Å². The Morgan fingerprint density at radius 2 is 1.65 bits per heavy atom. The third-order valence-electron chi connectivity index (χ3n) is 4.86. The van der Waals surface area contributed by atoms with Gasteiger partial charge in [0.15, 0.2) is 5.78 Å². The summed E-state index contributed by atoms with van der Waals surface area (Å²) in [5.41, 5.74) is 2.60. The van der Waals surface area contributed by atoms with Crippen molar-refractivity contribution in [2.45, 2.75) is 0 Å². The number of carbonyl (C=O) groups is 1. The molecule has 0 saturated carbocycles. The second kappa shape index (κ2) is 10.8. The maximum Gasteiger partial charge on any atom is 0.189 e. The molecule has 0 aliphatic rings. The molecule has 2 aromatic carbocycles. The standard InChI is InChI=1S/C26H20Cl2N4O2/c1-34-20-10-8-19(9-11-20)31-26-21(5-3-15-30-26)24(33)13-6-17-4-2-14-29-25(17)32-23-12-7-18(27)16-22(23)28/h2-16H,1H3,(H,29,32)(H,30,31). The average Bonchev–Trinajstić information content (AvgIpc) is 2.86. The molecule has 34 heavy (non-hydrogen) atoms. The number of hydrogen-bond acceptors (Lipinski definition) is 6. The van der Waals surface area contributed by atoms with Gasteiger partial charge in [0, 0.05) is 28.7 Å². The van der Waals surface area contributed by atoms with Crippen LogP contribution in [0.3, 0.4) is 0 Å². The lowest BCUT2D eigenvalue weighted by atomic mass is 10.1. The zero-order valence-corrected chi connectivity index (χ0v) is 19.6. The van der Waals surface area contributed by atoms with Crippen molar-refractivity contribution >= 4 is 58.1 Å². The van der Waals surface area contributed by atoms with Gasteiger partial charge in [0.1, 0.15) is 17.4 Å². The number of aromatic nitrogens is 2. The third kappa shape index (κ3) is 5.73. The lowest BCUT2D eigenvalue weighted by Gasteiger charge is -2.11. The first kappa shape index (κ1) is 23.3. The number of anilines is 4. The molecule has 8 heteroatoms. The number of rotatable bonds is 8. The first-order valence-electron chi connectivity index (χ1n) is 10.3. The predicted octanol–water partition coefficient (Wildman–Crippen LogP) is 7.18. The van der Waals surface area contributed by atoms with Gasteiger partial charge in [-0.15, -0.1) is 0 Å². The molecule has 2 heterocycles. The van der Waals surface area contributed by atoms with Crippen LogP contribution in [0.15, 0.2) is 85.2 Å². The van der Waals surface area contributed by atoms with Gasteiger partial charge in [-0.2, -0.15) is 0 Å². The summed E-state index contributed by atoms with van der Waals surface area (Å²) in [5, 5.41) is 7.38. The molecule has 0 atom stereocenters. The van der Waals surface area contributed by atoms with Crippen LogP contribution < -0.4 is 15.4 Å². The van der Waals surface area contributed by atoms with Crippen molar-refractivity contribution in [3.05, 3.63) is 106 Å². The summed E-state index contributed by atoms with van der Waals surface area (Å²) in [6.45, 7) is 0. The Balaban J connectivity index is 1.54. The van der Waals surface area contributed by atoms with Gasteiger partial charge in [-0.1, -0.05) is 23.2 Å². The van der Waals surface area contributed by atoms with Gasteiger partial charge >= 0.3 is 0 Å². The van der Waals surface area contributed by atoms with Gasteiger partial charge in [0.05, 0.1) is 23.4 Å². The maximum absolute atomic E-state index is 13.0. The fourth-order valence-electron chi connectivity index (χ4n) is 3.15. The van der Waals surface area contributed by atoms with Gasteiger partial charge in [0.2, 0.25) is 0 Å². The predicted molar refractivity (Wildman–Crippen MR) is 138 cm³/mol. The Labute approximate surface area is 207 Å². The number of ether oxygens (including phenoxy) is 1. The fourth-order valence-corrected chi connectivity index (χ4v) is 3.60. The summed E-state index contributed by atoms with van der Waals surface area (Å²) in [6, 6.07) is 19.6. The van der Waals surface area contributed by atoms with E-state index in [2.05, 4.69) is 20.6 Å². The second-order valence-corrected chi connectivity index (χ2v) is 7.98. The Bertz CT molecular complexity index is 1340. The van der Waals surface area contributed by atoms with E-state index >= 15 is 0 Å². The van der Waals surface area contributed by atoms with E-state index in [0.717, 1.165) is 17.0 Å². The van der Waals surface area contributed by atoms with Crippen LogP contribution in [0.2, 0.25) is 10.0 Å². The molecule has 6 nitrogen and oxygen atoms in total. The molecule has 0 aliphatic heterocycles. The molecular weight excluding hydrogens is 471 g/mol. The number of ketones is 1. The van der Waals surface area contributed by atoms with E-state index in [0.29, 0.717) is 32.9 Å². The molecule has 4 rings (SSSR count). The van der Waals surface area contributed by atoms with E-state index < -0.39 is 0 Å². The minimum atomic E-state index is -0.205. The van der Waals surface area contributed by atoms with Crippen LogP contribution in [0.25, 0.3) is 6.08 Å². The number of pyridine rings is 2. The molecule has 0 fully saturated rings. The SMILES string of the molecule is COc1ccc(Nc2ncccc2C(=O)C=Cc2cccnc2Nc2ccc(Cl)cc2Cl)cc1. The molecule has 0 bridgehead atoms.